The van der Waals surface area contributed by atoms with Crippen molar-refractivity contribution in [2.45, 2.75) is 24.8 Å². The zero-order valence-corrected chi connectivity index (χ0v) is 20.3. The second-order valence-corrected chi connectivity index (χ2v) is 9.20. The summed E-state index contributed by atoms with van der Waals surface area (Å²) in [5.74, 6) is -1.67. The first-order valence-corrected chi connectivity index (χ1v) is 11.9. The zero-order chi connectivity index (χ0) is 24.1. The lowest BCUT2D eigenvalue weighted by Crippen LogP contribution is -2.44. The van der Waals surface area contributed by atoms with Crippen LogP contribution in [0.5, 0.6) is 0 Å². The van der Waals surface area contributed by atoms with Gasteiger partial charge >= 0.3 is 12.1 Å². The van der Waals surface area contributed by atoms with E-state index >= 15 is 0 Å². The number of amides is 2. The van der Waals surface area contributed by atoms with Crippen molar-refractivity contribution in [2.75, 3.05) is 11.9 Å². The molecule has 0 aromatic heterocycles. The van der Waals surface area contributed by atoms with Gasteiger partial charge in [-0.05, 0) is 69.5 Å². The highest BCUT2D eigenvalue weighted by Gasteiger charge is 2.30. The normalized spacial score (nSPS) is 12.9. The number of hydrogen-bond donors (Lipinski definition) is 3. The number of nitrogens with one attached hydrogen (secondary N) is 2. The Bertz CT molecular complexity index is 1180. The van der Waals surface area contributed by atoms with Gasteiger partial charge in [0.05, 0.1) is 0 Å². The molecule has 34 heavy (non-hydrogen) atoms. The molecule has 3 aromatic carbocycles. The molecule has 0 fully saturated rings. The summed E-state index contributed by atoms with van der Waals surface area (Å²) in [7, 11) is 0. The number of alkyl carbamates (subject to hydrolysis) is 1. The third kappa shape index (κ3) is 5.56. The van der Waals surface area contributed by atoms with Crippen molar-refractivity contribution in [1.82, 2.24) is 5.32 Å². The number of benzene rings is 3. The molecule has 0 heterocycles. The molecule has 8 heteroatoms. The molecule has 4 rings (SSSR count). The number of aliphatic carboxylic acids is 1. The van der Waals surface area contributed by atoms with Crippen LogP contribution in [0.3, 0.4) is 0 Å². The summed E-state index contributed by atoms with van der Waals surface area (Å²) in [6.45, 7) is 0.101. The number of carbonyl (C=O) groups is 3. The number of carboxylic acid groups (broad SMARTS) is 1. The van der Waals surface area contributed by atoms with E-state index in [0.29, 0.717) is 5.69 Å². The van der Waals surface area contributed by atoms with Gasteiger partial charge in [0.1, 0.15) is 12.6 Å². The third-order valence-electron chi connectivity index (χ3n) is 5.69. The third-order valence-corrected chi connectivity index (χ3v) is 6.36. The number of carboxylic acids is 1. The second-order valence-electron chi connectivity index (χ2n) is 7.95. The SMILES string of the molecule is O=C(O)CCC(NC(=O)OCC1c2ccccc2-c2ccccc21)C(=O)Nc1cccc(I)c1. The summed E-state index contributed by atoms with van der Waals surface area (Å²) in [4.78, 5) is 36.5. The highest BCUT2D eigenvalue weighted by Crippen LogP contribution is 2.44. The van der Waals surface area contributed by atoms with Crippen molar-refractivity contribution in [2.24, 2.45) is 0 Å². The molecule has 0 aliphatic heterocycles. The number of hydrogen-bond acceptors (Lipinski definition) is 4. The molecule has 0 saturated heterocycles. The maximum Gasteiger partial charge on any atom is 0.407 e. The average Bonchev–Trinajstić information content (AvgIpc) is 3.14. The molecule has 1 atom stereocenters. The van der Waals surface area contributed by atoms with Crippen molar-refractivity contribution in [3.05, 3.63) is 87.5 Å². The predicted octanol–water partition coefficient (Wildman–Crippen LogP) is 5.00. The highest BCUT2D eigenvalue weighted by atomic mass is 127. The number of halogens is 1. The fourth-order valence-electron chi connectivity index (χ4n) is 4.11. The van der Waals surface area contributed by atoms with E-state index in [1.165, 1.54) is 0 Å². The summed E-state index contributed by atoms with van der Waals surface area (Å²) < 4.78 is 6.45. The lowest BCUT2D eigenvalue weighted by molar-refractivity contribution is -0.137. The lowest BCUT2D eigenvalue weighted by atomic mass is 9.98. The minimum Gasteiger partial charge on any atom is -0.481 e. The summed E-state index contributed by atoms with van der Waals surface area (Å²) >= 11 is 2.13. The van der Waals surface area contributed by atoms with E-state index in [2.05, 4.69) is 33.2 Å². The number of fused-ring (bicyclic) bond motifs is 3. The van der Waals surface area contributed by atoms with Gasteiger partial charge in [0.2, 0.25) is 5.91 Å². The molecule has 174 valence electrons. The van der Waals surface area contributed by atoms with Crippen LogP contribution in [0.25, 0.3) is 11.1 Å². The highest BCUT2D eigenvalue weighted by molar-refractivity contribution is 14.1. The van der Waals surface area contributed by atoms with Crippen molar-refractivity contribution in [1.29, 1.82) is 0 Å². The molecule has 3 aromatic rings. The first kappa shape index (κ1) is 23.7. The Morgan fingerprint density at radius 3 is 2.21 bits per heavy atom. The van der Waals surface area contributed by atoms with Gasteiger partial charge in [-0.25, -0.2) is 4.79 Å². The van der Waals surface area contributed by atoms with Crippen LogP contribution in [-0.2, 0) is 14.3 Å². The maximum absolute atomic E-state index is 12.8. The predicted molar refractivity (Wildman–Crippen MR) is 137 cm³/mol. The molecule has 0 spiro atoms. The van der Waals surface area contributed by atoms with Crippen molar-refractivity contribution < 1.29 is 24.2 Å². The van der Waals surface area contributed by atoms with E-state index in [9.17, 15) is 14.4 Å². The molecule has 0 radical (unpaired) electrons. The lowest BCUT2D eigenvalue weighted by Gasteiger charge is -2.19. The van der Waals surface area contributed by atoms with Crippen LogP contribution in [0.15, 0.2) is 72.8 Å². The van der Waals surface area contributed by atoms with Gasteiger partial charge in [-0.3, -0.25) is 9.59 Å². The van der Waals surface area contributed by atoms with Crippen LogP contribution in [-0.4, -0.2) is 35.7 Å². The van der Waals surface area contributed by atoms with Gasteiger partial charge in [0.15, 0.2) is 0 Å². The van der Waals surface area contributed by atoms with Crippen molar-refractivity contribution in [3.8, 4) is 11.1 Å². The summed E-state index contributed by atoms with van der Waals surface area (Å²) in [6.07, 6.45) is -1.10. The van der Waals surface area contributed by atoms with Gasteiger partial charge in [-0.15, -0.1) is 0 Å². The zero-order valence-electron chi connectivity index (χ0n) is 18.2. The van der Waals surface area contributed by atoms with Crippen LogP contribution in [0.1, 0.15) is 29.9 Å². The van der Waals surface area contributed by atoms with Gasteiger partial charge in [-0.1, -0.05) is 54.6 Å². The van der Waals surface area contributed by atoms with Gasteiger partial charge < -0.3 is 20.5 Å². The Balaban J connectivity index is 1.43. The Morgan fingerprint density at radius 1 is 0.941 bits per heavy atom. The van der Waals surface area contributed by atoms with Crippen LogP contribution in [0.4, 0.5) is 10.5 Å². The summed E-state index contributed by atoms with van der Waals surface area (Å²) in [5.41, 5.74) is 4.95. The molecule has 0 bridgehead atoms. The average molecular weight is 570 g/mol. The second kappa shape index (κ2) is 10.7. The Hall–Kier alpha value is -3.40. The summed E-state index contributed by atoms with van der Waals surface area (Å²) in [6, 6.07) is 22.1. The molecular weight excluding hydrogens is 547 g/mol. The van der Waals surface area contributed by atoms with Crippen LogP contribution in [0.2, 0.25) is 0 Å². The topological polar surface area (TPSA) is 105 Å². The maximum atomic E-state index is 12.8. The number of ether oxygens (including phenoxy) is 1. The Labute approximate surface area is 210 Å². The van der Waals surface area contributed by atoms with Crippen molar-refractivity contribution in [3.63, 3.8) is 0 Å². The smallest absolute Gasteiger partial charge is 0.407 e. The molecule has 3 N–H and O–H groups in total. The van der Waals surface area contributed by atoms with Crippen molar-refractivity contribution >= 4 is 46.2 Å². The minimum absolute atomic E-state index is 0.0602. The molecule has 7 nitrogen and oxygen atoms in total. The molecule has 1 unspecified atom stereocenters. The molecule has 1 aliphatic rings. The number of rotatable bonds is 8. The van der Waals surface area contributed by atoms with Crippen LogP contribution < -0.4 is 10.6 Å². The van der Waals surface area contributed by atoms with Gasteiger partial charge in [0.25, 0.3) is 0 Å². The fraction of sp³-hybridized carbons (Fsp3) is 0.192. The largest absolute Gasteiger partial charge is 0.481 e. The monoisotopic (exact) mass is 570 g/mol. The first-order chi connectivity index (χ1) is 16.4. The standard InChI is InChI=1S/C26H23IN2O5/c27-16-6-5-7-17(14-16)28-25(32)23(12-13-24(30)31)29-26(33)34-15-22-20-10-3-1-8-18(20)19-9-2-4-11-21(19)22/h1-11,14,22-23H,12-13,15H2,(H,28,32)(H,29,33)(H,30,31). The number of anilines is 1. The Morgan fingerprint density at radius 2 is 1.59 bits per heavy atom. The van der Waals surface area contributed by atoms with Crippen LogP contribution in [0, 0.1) is 3.57 Å². The van der Waals surface area contributed by atoms with Crippen LogP contribution >= 0.6 is 22.6 Å². The summed E-state index contributed by atoms with van der Waals surface area (Å²) in [5, 5.41) is 14.3. The molecule has 2 amide bonds. The van der Waals surface area contributed by atoms with E-state index in [-0.39, 0.29) is 25.4 Å². The molecule has 0 saturated carbocycles. The van der Waals surface area contributed by atoms with E-state index in [1.54, 1.807) is 18.2 Å². The first-order valence-electron chi connectivity index (χ1n) is 10.8. The van der Waals surface area contributed by atoms with E-state index in [0.717, 1.165) is 25.8 Å². The fourth-order valence-corrected chi connectivity index (χ4v) is 4.66. The van der Waals surface area contributed by atoms with E-state index in [1.807, 2.05) is 54.6 Å². The van der Waals surface area contributed by atoms with E-state index < -0.39 is 24.0 Å². The van der Waals surface area contributed by atoms with Gasteiger partial charge in [0, 0.05) is 21.6 Å². The minimum atomic E-state index is -1.05. The molecular formula is C26H23IN2O5. The van der Waals surface area contributed by atoms with Gasteiger partial charge in [-0.2, -0.15) is 0 Å². The Kier molecular flexibility index (Phi) is 7.46. The molecule has 1 aliphatic carbocycles. The quantitative estimate of drug-likeness (QED) is 0.331. The number of carbonyl (C=O) groups excluding carboxylic acids is 2. The van der Waals surface area contributed by atoms with E-state index in [4.69, 9.17) is 9.84 Å².